The zero-order chi connectivity index (χ0) is 26.6. The molecule has 0 saturated carbocycles. The average Bonchev–Trinajstić information content (AvgIpc) is 2.84. The number of halogens is 2. The zero-order valence-electron chi connectivity index (χ0n) is 19.7. The highest BCUT2D eigenvalue weighted by molar-refractivity contribution is 7.46. The van der Waals surface area contributed by atoms with Crippen molar-refractivity contribution in [2.75, 3.05) is 23.3 Å². The van der Waals surface area contributed by atoms with Gasteiger partial charge in [-0.15, -0.1) is 0 Å². The molecule has 1 aliphatic rings. The third-order valence-electron chi connectivity index (χ3n) is 5.72. The summed E-state index contributed by atoms with van der Waals surface area (Å²) in [6.45, 7) is 4.57. The molecule has 3 aromatic rings. The molecule has 12 heteroatoms. The summed E-state index contributed by atoms with van der Waals surface area (Å²) in [6.07, 6.45) is 5.47. The molecule has 0 radical (unpaired) electrons. The monoisotopic (exact) mass is 546 g/mol. The van der Waals surface area contributed by atoms with E-state index < -0.39 is 13.6 Å². The summed E-state index contributed by atoms with van der Waals surface area (Å²) in [6, 6.07) is 9.61. The van der Waals surface area contributed by atoms with Crippen molar-refractivity contribution in [1.82, 2.24) is 9.97 Å². The van der Waals surface area contributed by atoms with Gasteiger partial charge < -0.3 is 14.7 Å². The van der Waals surface area contributed by atoms with Gasteiger partial charge in [-0.3, -0.25) is 14.6 Å². The number of rotatable bonds is 9. The van der Waals surface area contributed by atoms with Crippen molar-refractivity contribution in [3.05, 3.63) is 71.7 Å². The number of anilines is 3. The molecule has 0 unspecified atom stereocenters. The second kappa shape index (κ2) is 11.4. The number of aromatic nitrogens is 2. The summed E-state index contributed by atoms with van der Waals surface area (Å²) in [4.78, 5) is 40.9. The predicted octanol–water partition coefficient (Wildman–Crippen LogP) is 5.44. The molecule has 3 N–H and O–H groups in total. The lowest BCUT2D eigenvalue weighted by atomic mass is 10.0. The number of phosphoric ester groups is 1. The molecule has 1 fully saturated rings. The van der Waals surface area contributed by atoms with E-state index >= 15 is 4.39 Å². The van der Waals surface area contributed by atoms with E-state index in [1.165, 1.54) is 24.4 Å². The van der Waals surface area contributed by atoms with Crippen LogP contribution >= 0.6 is 19.4 Å². The van der Waals surface area contributed by atoms with Crippen LogP contribution in [0.1, 0.15) is 24.8 Å². The van der Waals surface area contributed by atoms with Crippen LogP contribution < -0.4 is 14.7 Å². The second-order valence-electron chi connectivity index (χ2n) is 8.50. The van der Waals surface area contributed by atoms with E-state index in [0.29, 0.717) is 24.3 Å². The first-order chi connectivity index (χ1) is 17.6. The number of ketones is 1. The highest BCUT2D eigenvalue weighted by Gasteiger charge is 2.26. The van der Waals surface area contributed by atoms with Crippen molar-refractivity contribution in [1.29, 1.82) is 0 Å². The third-order valence-corrected chi connectivity index (χ3v) is 6.44. The van der Waals surface area contributed by atoms with Crippen LogP contribution in [0.15, 0.2) is 55.3 Å². The lowest BCUT2D eigenvalue weighted by molar-refractivity contribution is -0.114. The first-order valence-corrected chi connectivity index (χ1v) is 13.4. The maximum absolute atomic E-state index is 15.2. The molecule has 194 valence electrons. The summed E-state index contributed by atoms with van der Waals surface area (Å²) in [5.74, 6) is -1.05. The van der Waals surface area contributed by atoms with Gasteiger partial charge in [0.2, 0.25) is 5.95 Å². The van der Waals surface area contributed by atoms with Crippen LogP contribution in [0.2, 0.25) is 5.02 Å². The van der Waals surface area contributed by atoms with Crippen LogP contribution in [-0.4, -0.2) is 38.6 Å². The van der Waals surface area contributed by atoms with Crippen molar-refractivity contribution in [3.8, 4) is 17.0 Å². The van der Waals surface area contributed by atoms with Crippen molar-refractivity contribution >= 4 is 42.5 Å². The maximum atomic E-state index is 15.2. The molecule has 2 aromatic carbocycles. The Hall–Kier alpha value is -3.30. The van der Waals surface area contributed by atoms with Crippen molar-refractivity contribution in [3.63, 3.8) is 0 Å². The molecule has 0 aliphatic carbocycles. The van der Waals surface area contributed by atoms with Crippen LogP contribution in [0.25, 0.3) is 11.3 Å². The minimum atomic E-state index is -4.96. The Morgan fingerprint density at radius 1 is 1.24 bits per heavy atom. The van der Waals surface area contributed by atoms with E-state index in [-0.39, 0.29) is 40.3 Å². The number of nitrogens with one attached hydrogen (secondary N) is 1. The molecule has 0 amide bonds. The van der Waals surface area contributed by atoms with Crippen LogP contribution in [0.5, 0.6) is 5.75 Å². The third kappa shape index (κ3) is 6.93. The Balaban J connectivity index is 1.66. The SMILES string of the molecule is C=CC(=O)Cc1cccc(-c2nc(Nc3cc(F)c(N4CCCCC4)c(OP(=O)(O)O)c3)ncc2Cl)c1. The van der Waals surface area contributed by atoms with E-state index in [1.54, 1.807) is 29.2 Å². The minimum Gasteiger partial charge on any atom is -0.402 e. The molecular weight excluding hydrogens is 522 g/mol. The van der Waals surface area contributed by atoms with Gasteiger partial charge in [0, 0.05) is 36.8 Å². The smallest absolute Gasteiger partial charge is 0.402 e. The Morgan fingerprint density at radius 2 is 2.00 bits per heavy atom. The Bertz CT molecular complexity index is 1380. The fourth-order valence-electron chi connectivity index (χ4n) is 4.13. The fraction of sp³-hybridized carbons (Fsp3) is 0.240. The number of phosphoric acid groups is 1. The lowest BCUT2D eigenvalue weighted by Gasteiger charge is -2.30. The van der Waals surface area contributed by atoms with Gasteiger partial charge in [0.1, 0.15) is 5.69 Å². The predicted molar refractivity (Wildman–Crippen MR) is 140 cm³/mol. The number of hydrogen-bond acceptors (Lipinski definition) is 7. The first-order valence-electron chi connectivity index (χ1n) is 11.5. The Kier molecular flexibility index (Phi) is 8.24. The Morgan fingerprint density at radius 3 is 2.70 bits per heavy atom. The molecule has 1 aromatic heterocycles. The van der Waals surface area contributed by atoms with Gasteiger partial charge in [-0.25, -0.2) is 18.9 Å². The molecule has 1 saturated heterocycles. The normalized spacial score (nSPS) is 13.8. The molecular formula is C25H25ClFN4O5P. The topological polar surface area (TPSA) is 125 Å². The van der Waals surface area contributed by atoms with E-state index in [9.17, 15) is 19.1 Å². The van der Waals surface area contributed by atoms with E-state index in [0.717, 1.165) is 24.8 Å². The number of carbonyl (C=O) groups excluding carboxylic acids is 1. The van der Waals surface area contributed by atoms with E-state index in [2.05, 4.69) is 21.9 Å². The number of benzene rings is 2. The number of piperidine rings is 1. The zero-order valence-corrected chi connectivity index (χ0v) is 21.4. The lowest BCUT2D eigenvalue weighted by Crippen LogP contribution is -2.30. The molecule has 0 spiro atoms. The van der Waals surface area contributed by atoms with Gasteiger partial charge in [-0.1, -0.05) is 36.4 Å². The molecule has 1 aliphatic heterocycles. The maximum Gasteiger partial charge on any atom is 0.524 e. The second-order valence-corrected chi connectivity index (χ2v) is 10.1. The molecule has 0 atom stereocenters. The highest BCUT2D eigenvalue weighted by Crippen LogP contribution is 2.45. The van der Waals surface area contributed by atoms with Gasteiger partial charge in [0.15, 0.2) is 17.3 Å². The van der Waals surface area contributed by atoms with Gasteiger partial charge in [-0.05, 0) is 43.0 Å². The first kappa shape index (κ1) is 26.8. The van der Waals surface area contributed by atoms with Crippen molar-refractivity contribution in [2.45, 2.75) is 25.7 Å². The highest BCUT2D eigenvalue weighted by atomic mass is 35.5. The molecule has 37 heavy (non-hydrogen) atoms. The van der Waals surface area contributed by atoms with Gasteiger partial charge in [-0.2, -0.15) is 0 Å². The van der Waals surface area contributed by atoms with Crippen LogP contribution in [0, 0.1) is 5.82 Å². The van der Waals surface area contributed by atoms with Crippen molar-refractivity contribution < 1.29 is 28.1 Å². The number of allylic oxidation sites excluding steroid dienone is 1. The molecule has 2 heterocycles. The van der Waals surface area contributed by atoms with Crippen LogP contribution in [-0.2, 0) is 15.8 Å². The Labute approximate surface area is 218 Å². The van der Waals surface area contributed by atoms with E-state index in [1.807, 2.05) is 0 Å². The fourth-order valence-corrected chi connectivity index (χ4v) is 4.72. The summed E-state index contributed by atoms with van der Waals surface area (Å²) in [7, 11) is -4.96. The number of nitrogens with zero attached hydrogens (tertiary/aromatic N) is 3. The average molecular weight is 547 g/mol. The van der Waals surface area contributed by atoms with Gasteiger partial charge in [0.25, 0.3) is 0 Å². The number of carbonyl (C=O) groups is 1. The van der Waals surface area contributed by atoms with Crippen molar-refractivity contribution in [2.24, 2.45) is 0 Å². The quantitative estimate of drug-likeness (QED) is 0.238. The summed E-state index contributed by atoms with van der Waals surface area (Å²) in [5, 5.41) is 3.11. The van der Waals surface area contributed by atoms with E-state index in [4.69, 9.17) is 16.1 Å². The molecule has 4 rings (SSSR count). The minimum absolute atomic E-state index is 0.00262. The molecule has 0 bridgehead atoms. The summed E-state index contributed by atoms with van der Waals surface area (Å²) >= 11 is 6.34. The number of hydrogen-bond donors (Lipinski definition) is 3. The van der Waals surface area contributed by atoms with Crippen LogP contribution in [0.3, 0.4) is 0 Å². The summed E-state index contributed by atoms with van der Waals surface area (Å²) in [5.41, 5.74) is 1.89. The largest absolute Gasteiger partial charge is 0.524 e. The standard InChI is InChI=1S/C25H25ClFN4O5P/c1-2-19(32)12-16-7-6-8-17(11-16)23-20(26)15-28-25(30-23)29-18-13-21(27)24(31-9-4-3-5-10-31)22(14-18)36-37(33,34)35/h2,6-8,11,13-15H,1,3-5,9-10,12H2,(H,28,29,30)(H2,33,34,35). The summed E-state index contributed by atoms with van der Waals surface area (Å²) < 4.78 is 31.7. The van der Waals surface area contributed by atoms with Gasteiger partial charge >= 0.3 is 7.82 Å². The van der Waals surface area contributed by atoms with Gasteiger partial charge in [0.05, 0.1) is 16.9 Å². The van der Waals surface area contributed by atoms with Crippen LogP contribution in [0.4, 0.5) is 21.7 Å². The molecule has 9 nitrogen and oxygen atoms in total.